The molecule has 0 saturated carbocycles. The molecule has 0 aromatic heterocycles. The third-order valence-corrected chi connectivity index (χ3v) is 3.14. The highest BCUT2D eigenvalue weighted by atomic mass is 35.5. The summed E-state index contributed by atoms with van der Waals surface area (Å²) < 4.78 is 4.71. The van der Waals surface area contributed by atoms with Gasteiger partial charge in [-0.25, -0.2) is 0 Å². The van der Waals surface area contributed by atoms with E-state index in [-0.39, 0.29) is 23.5 Å². The highest BCUT2D eigenvalue weighted by molar-refractivity contribution is 7.80. The number of esters is 1. The van der Waals surface area contributed by atoms with E-state index < -0.39 is 0 Å². The standard InChI is InChI=1S/C13H17ClN2O2S/c1-8(2)16(7-12(17)18-3)11-6-9(14)4-5-10(11)13(15)19/h4-6,8H,7H2,1-3H3,(H2,15,19). The van der Waals surface area contributed by atoms with E-state index in [0.717, 1.165) is 5.69 Å². The lowest BCUT2D eigenvalue weighted by Crippen LogP contribution is -2.37. The van der Waals surface area contributed by atoms with Gasteiger partial charge >= 0.3 is 5.97 Å². The van der Waals surface area contributed by atoms with Gasteiger partial charge < -0.3 is 15.4 Å². The molecule has 104 valence electrons. The minimum atomic E-state index is -0.331. The summed E-state index contributed by atoms with van der Waals surface area (Å²) in [6.45, 7) is 4.05. The van der Waals surface area contributed by atoms with E-state index in [1.807, 2.05) is 18.7 Å². The van der Waals surface area contributed by atoms with Crippen LogP contribution >= 0.6 is 23.8 Å². The first kappa shape index (κ1) is 15.7. The number of benzene rings is 1. The average molecular weight is 301 g/mol. The summed E-state index contributed by atoms with van der Waals surface area (Å²) in [5.41, 5.74) is 7.14. The molecule has 0 aliphatic rings. The van der Waals surface area contributed by atoms with Crippen LogP contribution in [-0.2, 0) is 9.53 Å². The first-order valence-corrected chi connectivity index (χ1v) is 6.58. The van der Waals surface area contributed by atoms with Crippen molar-refractivity contribution in [3.8, 4) is 0 Å². The van der Waals surface area contributed by atoms with Crippen LogP contribution in [0.3, 0.4) is 0 Å². The van der Waals surface area contributed by atoms with E-state index >= 15 is 0 Å². The Morgan fingerprint density at radius 1 is 1.53 bits per heavy atom. The van der Waals surface area contributed by atoms with Gasteiger partial charge in [0, 0.05) is 22.3 Å². The molecule has 0 unspecified atom stereocenters. The van der Waals surface area contributed by atoms with Gasteiger partial charge in [-0.15, -0.1) is 0 Å². The van der Waals surface area contributed by atoms with Crippen molar-refractivity contribution in [3.63, 3.8) is 0 Å². The van der Waals surface area contributed by atoms with E-state index in [2.05, 4.69) is 0 Å². The Kier molecular flexibility index (Phi) is 5.57. The molecule has 6 heteroatoms. The van der Waals surface area contributed by atoms with Crippen molar-refractivity contribution in [3.05, 3.63) is 28.8 Å². The van der Waals surface area contributed by atoms with E-state index in [9.17, 15) is 4.79 Å². The first-order valence-electron chi connectivity index (χ1n) is 5.79. The highest BCUT2D eigenvalue weighted by Crippen LogP contribution is 2.26. The lowest BCUT2D eigenvalue weighted by Gasteiger charge is -2.29. The molecule has 2 N–H and O–H groups in total. The number of nitrogens with zero attached hydrogens (tertiary/aromatic N) is 1. The largest absolute Gasteiger partial charge is 0.468 e. The monoisotopic (exact) mass is 300 g/mol. The molecule has 0 spiro atoms. The Morgan fingerprint density at radius 3 is 2.63 bits per heavy atom. The smallest absolute Gasteiger partial charge is 0.325 e. The maximum atomic E-state index is 11.5. The summed E-state index contributed by atoms with van der Waals surface area (Å²) >= 11 is 11.0. The second-order valence-electron chi connectivity index (χ2n) is 4.32. The van der Waals surface area contributed by atoms with Crippen LogP contribution in [0.5, 0.6) is 0 Å². The van der Waals surface area contributed by atoms with E-state index in [1.54, 1.807) is 18.2 Å². The first-order chi connectivity index (χ1) is 8.86. The highest BCUT2D eigenvalue weighted by Gasteiger charge is 2.19. The Labute approximate surface area is 123 Å². The number of hydrogen-bond acceptors (Lipinski definition) is 4. The fourth-order valence-corrected chi connectivity index (χ4v) is 2.04. The van der Waals surface area contributed by atoms with Crippen molar-refractivity contribution in [2.24, 2.45) is 5.73 Å². The number of hydrogen-bond donors (Lipinski definition) is 1. The molecule has 0 bridgehead atoms. The van der Waals surface area contributed by atoms with Crippen LogP contribution in [0.4, 0.5) is 5.69 Å². The molecule has 0 radical (unpaired) electrons. The second kappa shape index (κ2) is 6.73. The van der Waals surface area contributed by atoms with Gasteiger partial charge in [-0.2, -0.15) is 0 Å². The zero-order valence-corrected chi connectivity index (χ0v) is 12.7. The van der Waals surface area contributed by atoms with Gasteiger partial charge in [0.2, 0.25) is 0 Å². The predicted octanol–water partition coefficient (Wildman–Crippen LogP) is 2.36. The Hall–Kier alpha value is -1.33. The average Bonchev–Trinajstić information content (AvgIpc) is 2.34. The van der Waals surface area contributed by atoms with Gasteiger partial charge in [-0.1, -0.05) is 23.8 Å². The number of halogens is 1. The normalized spacial score (nSPS) is 10.4. The summed E-state index contributed by atoms with van der Waals surface area (Å²) in [6.07, 6.45) is 0. The molecule has 0 heterocycles. The molecule has 1 aromatic rings. The number of carbonyl (C=O) groups is 1. The van der Waals surface area contributed by atoms with Crippen molar-refractivity contribution in [1.82, 2.24) is 0 Å². The van der Waals surface area contributed by atoms with Crippen molar-refractivity contribution in [1.29, 1.82) is 0 Å². The molecule has 1 aromatic carbocycles. The van der Waals surface area contributed by atoms with Gasteiger partial charge in [0.1, 0.15) is 11.5 Å². The van der Waals surface area contributed by atoms with Gasteiger partial charge in [0.05, 0.1) is 7.11 Å². The molecule has 4 nitrogen and oxygen atoms in total. The number of carbonyl (C=O) groups excluding carboxylic acids is 1. The Morgan fingerprint density at radius 2 is 2.16 bits per heavy atom. The van der Waals surface area contributed by atoms with Crippen LogP contribution in [0.2, 0.25) is 5.02 Å². The fourth-order valence-electron chi connectivity index (χ4n) is 1.70. The molecule has 0 aliphatic carbocycles. The van der Waals surface area contributed by atoms with Crippen molar-refractivity contribution >= 4 is 40.5 Å². The SMILES string of the molecule is COC(=O)CN(c1cc(Cl)ccc1C(N)=S)C(C)C. The maximum absolute atomic E-state index is 11.5. The summed E-state index contributed by atoms with van der Waals surface area (Å²) in [5, 5.41) is 0.561. The Bertz CT molecular complexity index is 492. The topological polar surface area (TPSA) is 55.6 Å². The summed E-state index contributed by atoms with van der Waals surface area (Å²) in [5.74, 6) is -0.331. The zero-order chi connectivity index (χ0) is 14.6. The van der Waals surface area contributed by atoms with Crippen LogP contribution in [-0.4, -0.2) is 30.7 Å². The lowest BCUT2D eigenvalue weighted by molar-refractivity contribution is -0.139. The molecule has 0 amide bonds. The number of nitrogens with two attached hydrogens (primary N) is 1. The molecule has 19 heavy (non-hydrogen) atoms. The van der Waals surface area contributed by atoms with E-state index in [1.165, 1.54) is 7.11 Å². The van der Waals surface area contributed by atoms with Crippen LogP contribution in [0.25, 0.3) is 0 Å². The molecule has 0 fully saturated rings. The molecule has 0 aliphatic heterocycles. The second-order valence-corrected chi connectivity index (χ2v) is 5.20. The number of methoxy groups -OCH3 is 1. The van der Waals surface area contributed by atoms with Crippen LogP contribution in [0.15, 0.2) is 18.2 Å². The summed E-state index contributed by atoms with van der Waals surface area (Å²) in [7, 11) is 1.35. The lowest BCUT2D eigenvalue weighted by atomic mass is 10.1. The van der Waals surface area contributed by atoms with Crippen molar-refractivity contribution in [2.75, 3.05) is 18.6 Å². The summed E-state index contributed by atoms with van der Waals surface area (Å²) in [6, 6.07) is 5.30. The molecule has 0 saturated heterocycles. The predicted molar refractivity (Wildman–Crippen MR) is 81.8 cm³/mol. The third kappa shape index (κ3) is 4.08. The van der Waals surface area contributed by atoms with Crippen molar-refractivity contribution in [2.45, 2.75) is 19.9 Å². The Balaban J connectivity index is 3.24. The summed E-state index contributed by atoms with van der Waals surface area (Å²) in [4.78, 5) is 13.6. The van der Waals surface area contributed by atoms with Crippen LogP contribution < -0.4 is 10.6 Å². The van der Waals surface area contributed by atoms with Gasteiger partial charge in [-0.3, -0.25) is 4.79 Å². The molecular weight excluding hydrogens is 284 g/mol. The van der Waals surface area contributed by atoms with E-state index in [4.69, 9.17) is 34.3 Å². The number of thiocarbonyl (C=S) groups is 1. The maximum Gasteiger partial charge on any atom is 0.325 e. The minimum Gasteiger partial charge on any atom is -0.468 e. The number of anilines is 1. The van der Waals surface area contributed by atoms with Gasteiger partial charge in [0.15, 0.2) is 0 Å². The third-order valence-electron chi connectivity index (χ3n) is 2.69. The quantitative estimate of drug-likeness (QED) is 0.668. The van der Waals surface area contributed by atoms with Gasteiger partial charge in [-0.05, 0) is 32.0 Å². The zero-order valence-electron chi connectivity index (χ0n) is 11.1. The molecule has 0 atom stereocenters. The molecular formula is C13H17ClN2O2S. The number of ether oxygens (including phenoxy) is 1. The van der Waals surface area contributed by atoms with Crippen molar-refractivity contribution < 1.29 is 9.53 Å². The molecule has 1 rings (SSSR count). The van der Waals surface area contributed by atoms with Gasteiger partial charge in [0.25, 0.3) is 0 Å². The van der Waals surface area contributed by atoms with Crippen LogP contribution in [0, 0.1) is 0 Å². The number of rotatable bonds is 5. The minimum absolute atomic E-state index is 0.0747. The van der Waals surface area contributed by atoms with E-state index in [0.29, 0.717) is 10.6 Å². The fraction of sp³-hybridized carbons (Fsp3) is 0.385. The van der Waals surface area contributed by atoms with Crippen LogP contribution in [0.1, 0.15) is 19.4 Å².